The number of allylic oxidation sites excluding steroid dienone is 1. The minimum atomic E-state index is -0.866. The number of aromatic nitrogens is 8. The molecule has 0 unspecified atom stereocenters. The molecule has 4 aromatic rings. The van der Waals surface area contributed by atoms with Crippen molar-refractivity contribution in [3.05, 3.63) is 78.0 Å². The second-order valence-electron chi connectivity index (χ2n) is 8.04. The van der Waals surface area contributed by atoms with Gasteiger partial charge < -0.3 is 20.5 Å². The Balaban J connectivity index is 1.37. The zero-order chi connectivity index (χ0) is 25.9. The number of piperazine rings is 1. The SMILES string of the molecule is C=C/C(F)=c1/c(C(=O)C(=O)N2CCN(c3cnnn3-c3ccccn3)CC2)c[nH]/c1=C(/N)n1ccnn1. The Morgan fingerprint density at radius 1 is 1.11 bits per heavy atom. The third-order valence-corrected chi connectivity index (χ3v) is 5.95. The predicted octanol–water partition coefficient (Wildman–Crippen LogP) is -1.05. The molecule has 1 amide bonds. The Morgan fingerprint density at radius 2 is 1.92 bits per heavy atom. The Morgan fingerprint density at radius 3 is 2.59 bits per heavy atom. The van der Waals surface area contributed by atoms with Crippen LogP contribution >= 0.6 is 0 Å². The van der Waals surface area contributed by atoms with Crippen LogP contribution in [0.5, 0.6) is 0 Å². The molecule has 4 aromatic heterocycles. The van der Waals surface area contributed by atoms with E-state index in [1.807, 2.05) is 17.0 Å². The summed E-state index contributed by atoms with van der Waals surface area (Å²) < 4.78 is 17.7. The molecule has 0 radical (unpaired) electrons. The van der Waals surface area contributed by atoms with Gasteiger partial charge in [0.1, 0.15) is 5.83 Å². The summed E-state index contributed by atoms with van der Waals surface area (Å²) in [6.07, 6.45) is 8.35. The fourth-order valence-electron chi connectivity index (χ4n) is 4.09. The molecule has 5 heterocycles. The topological polar surface area (TPSA) is 157 Å². The lowest BCUT2D eigenvalue weighted by Crippen LogP contribution is -2.51. The van der Waals surface area contributed by atoms with Crippen molar-refractivity contribution in [2.24, 2.45) is 5.73 Å². The lowest BCUT2D eigenvalue weighted by molar-refractivity contribution is -0.126. The van der Waals surface area contributed by atoms with Crippen molar-refractivity contribution in [1.82, 2.24) is 44.9 Å². The third-order valence-electron chi connectivity index (χ3n) is 5.95. The number of nitrogens with two attached hydrogens (primary N) is 1. The van der Waals surface area contributed by atoms with Gasteiger partial charge in [0, 0.05) is 38.6 Å². The molecule has 1 fully saturated rings. The van der Waals surface area contributed by atoms with Gasteiger partial charge in [-0.15, -0.1) is 10.2 Å². The maximum absolute atomic E-state index is 14.8. The first kappa shape index (κ1) is 23.6. The normalized spacial score (nSPS) is 15.4. The fraction of sp³-hybridized carbons (Fsp3) is 0.174. The maximum Gasteiger partial charge on any atom is 0.295 e. The predicted molar refractivity (Wildman–Crippen MR) is 130 cm³/mol. The summed E-state index contributed by atoms with van der Waals surface area (Å²) in [5.74, 6) is -1.09. The van der Waals surface area contributed by atoms with Crippen LogP contribution < -0.4 is 21.2 Å². The number of nitrogens with zero attached hydrogens (tertiary/aromatic N) is 9. The summed E-state index contributed by atoms with van der Waals surface area (Å²) >= 11 is 0. The molecule has 1 aliphatic heterocycles. The van der Waals surface area contributed by atoms with Gasteiger partial charge in [-0.3, -0.25) is 9.59 Å². The molecule has 0 saturated carbocycles. The van der Waals surface area contributed by atoms with Crippen LogP contribution in [0.3, 0.4) is 0 Å². The Hall–Kier alpha value is -5.14. The first-order chi connectivity index (χ1) is 18.0. The Kier molecular flexibility index (Phi) is 6.28. The third kappa shape index (κ3) is 4.35. The number of anilines is 1. The number of ketones is 1. The Labute approximate surface area is 209 Å². The van der Waals surface area contributed by atoms with Crippen LogP contribution in [0.1, 0.15) is 10.4 Å². The van der Waals surface area contributed by atoms with Gasteiger partial charge in [0.2, 0.25) is 0 Å². The van der Waals surface area contributed by atoms with Gasteiger partial charge in [-0.05, 0) is 18.2 Å². The monoisotopic (exact) mass is 503 g/mol. The Bertz CT molecular complexity index is 1570. The zero-order valence-electron chi connectivity index (χ0n) is 19.5. The molecule has 0 aliphatic carbocycles. The second-order valence-corrected chi connectivity index (χ2v) is 8.04. The largest absolute Gasteiger partial charge is 0.382 e. The first-order valence-corrected chi connectivity index (χ1v) is 11.3. The average Bonchev–Trinajstić information content (AvgIpc) is 3.73. The van der Waals surface area contributed by atoms with E-state index in [4.69, 9.17) is 5.73 Å². The number of hydrogen-bond donors (Lipinski definition) is 2. The van der Waals surface area contributed by atoms with Crippen LogP contribution in [-0.4, -0.2) is 82.7 Å². The lowest BCUT2D eigenvalue weighted by Gasteiger charge is -2.35. The average molecular weight is 504 g/mol. The summed E-state index contributed by atoms with van der Waals surface area (Å²) in [7, 11) is 0. The quantitative estimate of drug-likeness (QED) is 0.247. The van der Waals surface area contributed by atoms with Gasteiger partial charge in [0.05, 0.1) is 34.7 Å². The van der Waals surface area contributed by atoms with E-state index in [0.717, 1.165) is 11.9 Å². The lowest BCUT2D eigenvalue weighted by atomic mass is 10.1. The highest BCUT2D eigenvalue weighted by Crippen LogP contribution is 2.18. The van der Waals surface area contributed by atoms with Crippen molar-refractivity contribution >= 4 is 29.2 Å². The number of rotatable bonds is 6. The van der Waals surface area contributed by atoms with Gasteiger partial charge >= 0.3 is 0 Å². The minimum absolute atomic E-state index is 0.00254. The molecule has 1 aliphatic rings. The number of amides is 1. The van der Waals surface area contributed by atoms with Crippen molar-refractivity contribution in [1.29, 1.82) is 0 Å². The summed E-state index contributed by atoms with van der Waals surface area (Å²) in [5.41, 5.74) is 5.95. The summed E-state index contributed by atoms with van der Waals surface area (Å²) in [5, 5.41) is 15.5. The van der Waals surface area contributed by atoms with E-state index in [9.17, 15) is 14.0 Å². The molecule has 5 rings (SSSR count). The highest BCUT2D eigenvalue weighted by Gasteiger charge is 2.30. The van der Waals surface area contributed by atoms with Gasteiger partial charge in [0.15, 0.2) is 17.5 Å². The van der Waals surface area contributed by atoms with Crippen molar-refractivity contribution < 1.29 is 14.0 Å². The number of Topliss-reactive ketones (excluding diaryl/α,β-unsaturated/α-hetero) is 1. The first-order valence-electron chi connectivity index (χ1n) is 11.3. The molecule has 37 heavy (non-hydrogen) atoms. The highest BCUT2D eigenvalue weighted by molar-refractivity contribution is 6.42. The van der Waals surface area contributed by atoms with Crippen molar-refractivity contribution in [2.75, 3.05) is 31.1 Å². The van der Waals surface area contributed by atoms with E-state index < -0.39 is 17.5 Å². The fourth-order valence-corrected chi connectivity index (χ4v) is 4.09. The molecule has 0 spiro atoms. The van der Waals surface area contributed by atoms with Gasteiger partial charge in [-0.25, -0.2) is 14.1 Å². The maximum atomic E-state index is 14.8. The molecule has 1 saturated heterocycles. The molecule has 13 nitrogen and oxygen atoms in total. The standard InChI is InChI=1S/C23H22FN11O2/c1-2-16(24)19-15(13-27-20(19)22(25)34-8-7-28-30-34)21(36)23(37)33-11-9-32(10-12-33)18-14-29-31-35(18)17-5-3-4-6-26-17/h2-8,13-14,27H,1,9-12,25H2/b19-16+,22-20-. The van der Waals surface area contributed by atoms with Crippen LogP contribution in [-0.2, 0) is 4.79 Å². The molecular weight excluding hydrogens is 481 g/mol. The molecule has 3 N–H and O–H groups in total. The van der Waals surface area contributed by atoms with E-state index in [1.165, 1.54) is 28.2 Å². The van der Waals surface area contributed by atoms with Crippen molar-refractivity contribution in [3.63, 3.8) is 0 Å². The van der Waals surface area contributed by atoms with E-state index in [0.29, 0.717) is 18.9 Å². The van der Waals surface area contributed by atoms with E-state index in [1.54, 1.807) is 23.1 Å². The summed E-state index contributed by atoms with van der Waals surface area (Å²) in [4.78, 5) is 36.8. The number of hydrogen-bond acceptors (Lipinski definition) is 9. The number of carbonyl (C=O) groups is 2. The van der Waals surface area contributed by atoms with Gasteiger partial charge in [-0.2, -0.15) is 4.68 Å². The molecular formula is C23H22FN11O2. The second kappa shape index (κ2) is 9.85. The molecule has 188 valence electrons. The van der Waals surface area contributed by atoms with Crippen LogP contribution in [0.15, 0.2) is 61.8 Å². The molecule has 0 aromatic carbocycles. The minimum Gasteiger partial charge on any atom is -0.382 e. The van der Waals surface area contributed by atoms with Crippen molar-refractivity contribution in [2.45, 2.75) is 0 Å². The van der Waals surface area contributed by atoms with E-state index in [2.05, 4.69) is 37.2 Å². The van der Waals surface area contributed by atoms with Crippen LogP contribution in [0.4, 0.5) is 10.2 Å². The van der Waals surface area contributed by atoms with Crippen molar-refractivity contribution in [3.8, 4) is 5.82 Å². The number of pyridine rings is 1. The highest BCUT2D eigenvalue weighted by atomic mass is 19.1. The number of H-pyrrole nitrogens is 1. The van der Waals surface area contributed by atoms with Gasteiger partial charge in [0.25, 0.3) is 11.7 Å². The van der Waals surface area contributed by atoms with Crippen LogP contribution in [0.2, 0.25) is 0 Å². The summed E-state index contributed by atoms with van der Waals surface area (Å²) in [6.45, 7) is 4.85. The van der Waals surface area contributed by atoms with Crippen LogP contribution in [0, 0.1) is 0 Å². The molecule has 0 bridgehead atoms. The number of carbonyl (C=O) groups excluding carboxylic acids is 2. The molecule has 0 atom stereocenters. The molecule has 14 heteroatoms. The van der Waals surface area contributed by atoms with Crippen LogP contribution in [0.25, 0.3) is 17.5 Å². The smallest absolute Gasteiger partial charge is 0.295 e. The van der Waals surface area contributed by atoms with Gasteiger partial charge in [-0.1, -0.05) is 23.1 Å². The van der Waals surface area contributed by atoms with E-state index >= 15 is 0 Å². The zero-order valence-corrected chi connectivity index (χ0v) is 19.5. The number of halogens is 1. The van der Waals surface area contributed by atoms with E-state index in [-0.39, 0.29) is 35.0 Å². The number of nitrogens with one attached hydrogen (secondary N) is 1. The summed E-state index contributed by atoms with van der Waals surface area (Å²) in [6, 6.07) is 5.46. The number of aromatic amines is 1.